The maximum Gasteiger partial charge on any atom is 0.214 e. The standard InChI is InChI=1S/C13H26N3/c1-2-3-4-5-6-7-8-9-10-11-12-13-15-16-14/h11-12,14H,2-10,13H2,1H3/q+1/b12-11+. The van der Waals surface area contributed by atoms with Gasteiger partial charge < -0.3 is 0 Å². The third-order valence-electron chi connectivity index (χ3n) is 2.65. The van der Waals surface area contributed by atoms with Crippen LogP contribution in [0.3, 0.4) is 0 Å². The van der Waals surface area contributed by atoms with Crippen LogP contribution in [0.1, 0.15) is 64.7 Å². The van der Waals surface area contributed by atoms with E-state index in [1.165, 1.54) is 51.4 Å². The molecule has 0 aliphatic heterocycles. The minimum atomic E-state index is 0.556. The molecule has 0 atom stereocenters. The van der Waals surface area contributed by atoms with Gasteiger partial charge in [0.1, 0.15) is 17.2 Å². The van der Waals surface area contributed by atoms with Crippen molar-refractivity contribution in [1.82, 2.24) is 4.91 Å². The Labute approximate surface area is 99.6 Å². The Bertz CT molecular complexity index is 205. The van der Waals surface area contributed by atoms with E-state index in [0.717, 1.165) is 6.42 Å². The van der Waals surface area contributed by atoms with Crippen molar-refractivity contribution in [3.8, 4) is 0 Å². The molecule has 0 aliphatic carbocycles. The van der Waals surface area contributed by atoms with Gasteiger partial charge in [0.2, 0.25) is 4.91 Å². The lowest BCUT2D eigenvalue weighted by atomic mass is 10.1. The fourth-order valence-electron chi connectivity index (χ4n) is 1.68. The molecule has 0 fully saturated rings. The van der Waals surface area contributed by atoms with E-state index in [0.29, 0.717) is 6.54 Å². The SMILES string of the molecule is CCCCCCCCCC/C=C/CN=[N+]=N. The van der Waals surface area contributed by atoms with E-state index >= 15 is 0 Å². The number of nitrogens with one attached hydrogen (secondary N) is 1. The van der Waals surface area contributed by atoms with E-state index in [9.17, 15) is 0 Å². The van der Waals surface area contributed by atoms with Crippen molar-refractivity contribution in [2.45, 2.75) is 64.7 Å². The predicted molar refractivity (Wildman–Crippen MR) is 68.5 cm³/mol. The smallest absolute Gasteiger partial charge is 0.0864 e. The Morgan fingerprint density at radius 1 is 0.938 bits per heavy atom. The zero-order valence-electron chi connectivity index (χ0n) is 10.6. The molecule has 0 aromatic rings. The van der Waals surface area contributed by atoms with Gasteiger partial charge in [0, 0.05) is 0 Å². The van der Waals surface area contributed by atoms with Crippen LogP contribution in [0.2, 0.25) is 0 Å². The topological polar surface area (TPSA) is 50.3 Å². The second kappa shape index (κ2) is 14.1. The predicted octanol–water partition coefficient (Wildman–Crippen LogP) is 4.62. The van der Waals surface area contributed by atoms with Gasteiger partial charge in [-0.25, -0.2) is 0 Å². The summed E-state index contributed by atoms with van der Waals surface area (Å²) < 4.78 is 0. The normalized spacial score (nSPS) is 10.6. The lowest BCUT2D eigenvalue weighted by Gasteiger charge is -1.99. The number of hydrogen-bond acceptors (Lipinski definition) is 2. The number of nitrogens with zero attached hydrogens (tertiary/aromatic N) is 2. The van der Waals surface area contributed by atoms with Gasteiger partial charge in [-0.1, -0.05) is 64.0 Å². The molecule has 0 aliphatic rings. The molecule has 16 heavy (non-hydrogen) atoms. The average Bonchev–Trinajstić information content (AvgIpc) is 2.31. The van der Waals surface area contributed by atoms with Crippen molar-refractivity contribution < 1.29 is 0 Å². The van der Waals surface area contributed by atoms with Crippen molar-refractivity contribution in [3.05, 3.63) is 12.2 Å². The minimum absolute atomic E-state index is 0.556. The van der Waals surface area contributed by atoms with Crippen LogP contribution < -0.4 is 4.91 Å². The summed E-state index contributed by atoms with van der Waals surface area (Å²) in [7, 11) is 0. The fourth-order valence-corrected chi connectivity index (χ4v) is 1.68. The van der Waals surface area contributed by atoms with E-state index in [2.05, 4.69) is 23.0 Å². The summed E-state index contributed by atoms with van der Waals surface area (Å²) in [5.41, 5.74) is 6.47. The molecule has 0 aromatic carbocycles. The second-order valence-corrected chi connectivity index (χ2v) is 4.16. The van der Waals surface area contributed by atoms with Crippen LogP contribution in [0.4, 0.5) is 0 Å². The summed E-state index contributed by atoms with van der Waals surface area (Å²) in [6.45, 7) is 2.81. The molecule has 0 saturated heterocycles. The first kappa shape index (κ1) is 15.0. The molecule has 0 saturated carbocycles. The molecule has 0 aromatic heterocycles. The molecule has 0 unspecified atom stereocenters. The van der Waals surface area contributed by atoms with Crippen molar-refractivity contribution in [3.63, 3.8) is 0 Å². The molecule has 0 spiro atoms. The van der Waals surface area contributed by atoms with Gasteiger partial charge in [-0.3, -0.25) is 0 Å². The van der Waals surface area contributed by atoms with Gasteiger partial charge in [-0.2, -0.15) is 0 Å². The van der Waals surface area contributed by atoms with Crippen LogP contribution in [0.15, 0.2) is 17.3 Å². The molecule has 3 heteroatoms. The molecule has 0 heterocycles. The third-order valence-corrected chi connectivity index (χ3v) is 2.65. The first-order valence-electron chi connectivity index (χ1n) is 6.60. The molecule has 0 rings (SSSR count). The highest BCUT2D eigenvalue weighted by Gasteiger charge is 1.90. The Morgan fingerprint density at radius 2 is 1.56 bits per heavy atom. The fraction of sp³-hybridized carbons (Fsp3) is 0.846. The molecule has 1 N–H and O–H groups in total. The Kier molecular flexibility index (Phi) is 13.2. The summed E-state index contributed by atoms with van der Waals surface area (Å²) in [5.74, 6) is 0. The van der Waals surface area contributed by atoms with E-state index < -0.39 is 0 Å². The van der Waals surface area contributed by atoms with E-state index in [1.54, 1.807) is 0 Å². The van der Waals surface area contributed by atoms with Gasteiger partial charge in [-0.05, 0) is 12.8 Å². The van der Waals surface area contributed by atoms with Crippen LogP contribution in [0.5, 0.6) is 0 Å². The monoisotopic (exact) mass is 224 g/mol. The summed E-state index contributed by atoms with van der Waals surface area (Å²) in [4.78, 5) is 2.94. The maximum atomic E-state index is 6.47. The quantitative estimate of drug-likeness (QED) is 0.230. The maximum absolute atomic E-state index is 6.47. The number of rotatable bonds is 11. The molecular formula is C13H26N3+. The van der Waals surface area contributed by atoms with Gasteiger partial charge in [0.05, 0.1) is 0 Å². The second-order valence-electron chi connectivity index (χ2n) is 4.16. The van der Waals surface area contributed by atoms with Crippen LogP contribution in [-0.2, 0) is 0 Å². The van der Waals surface area contributed by atoms with E-state index in [4.69, 9.17) is 5.53 Å². The summed E-state index contributed by atoms with van der Waals surface area (Å²) in [6, 6.07) is 0. The molecular weight excluding hydrogens is 198 g/mol. The van der Waals surface area contributed by atoms with Crippen molar-refractivity contribution in [2.75, 3.05) is 6.54 Å². The molecule has 3 nitrogen and oxygen atoms in total. The van der Waals surface area contributed by atoms with E-state index in [1.807, 2.05) is 6.08 Å². The van der Waals surface area contributed by atoms with Crippen molar-refractivity contribution in [1.29, 1.82) is 5.53 Å². The minimum Gasteiger partial charge on any atom is -0.0864 e. The average molecular weight is 224 g/mol. The molecule has 0 amide bonds. The van der Waals surface area contributed by atoms with Gasteiger partial charge >= 0.3 is 0 Å². The number of hydrogen-bond donors (Lipinski definition) is 1. The lowest BCUT2D eigenvalue weighted by Crippen LogP contribution is -1.80. The largest absolute Gasteiger partial charge is 0.214 e. The highest BCUT2D eigenvalue weighted by atomic mass is 15.1. The first-order chi connectivity index (χ1) is 7.91. The Morgan fingerprint density at radius 3 is 2.19 bits per heavy atom. The first-order valence-corrected chi connectivity index (χ1v) is 6.60. The zero-order valence-corrected chi connectivity index (χ0v) is 10.6. The Balaban J connectivity index is 3.03. The molecule has 0 bridgehead atoms. The molecule has 92 valence electrons. The van der Waals surface area contributed by atoms with Gasteiger partial charge in [0.15, 0.2) is 0 Å². The van der Waals surface area contributed by atoms with Crippen molar-refractivity contribution in [2.24, 2.45) is 5.11 Å². The van der Waals surface area contributed by atoms with Crippen LogP contribution in [0.25, 0.3) is 0 Å². The van der Waals surface area contributed by atoms with Gasteiger partial charge in [-0.15, -0.1) is 0 Å². The van der Waals surface area contributed by atoms with Crippen LogP contribution in [-0.4, -0.2) is 6.54 Å². The Hall–Kier alpha value is -0.950. The van der Waals surface area contributed by atoms with Crippen LogP contribution in [0, 0.1) is 5.53 Å². The number of unbranched alkanes of at least 4 members (excludes halogenated alkanes) is 8. The summed E-state index contributed by atoms with van der Waals surface area (Å²) >= 11 is 0. The lowest BCUT2D eigenvalue weighted by molar-refractivity contribution is 0.577. The van der Waals surface area contributed by atoms with E-state index in [-0.39, 0.29) is 0 Å². The highest BCUT2D eigenvalue weighted by molar-refractivity contribution is 4.82. The van der Waals surface area contributed by atoms with Crippen LogP contribution >= 0.6 is 0 Å². The zero-order chi connectivity index (χ0) is 11.9. The highest BCUT2D eigenvalue weighted by Crippen LogP contribution is 2.09. The van der Waals surface area contributed by atoms with Gasteiger partial charge in [0.25, 0.3) is 0 Å². The molecule has 0 radical (unpaired) electrons. The third kappa shape index (κ3) is 13.1. The summed E-state index contributed by atoms with van der Waals surface area (Å²) in [5, 5.41) is 3.55. The summed E-state index contributed by atoms with van der Waals surface area (Å²) in [6.07, 6.45) is 16.2. The number of allylic oxidation sites excluding steroid dienone is 1. The van der Waals surface area contributed by atoms with Crippen molar-refractivity contribution >= 4 is 0 Å².